The molecule has 2 amide bonds. The highest BCUT2D eigenvalue weighted by Gasteiger charge is 2.18. The third kappa shape index (κ3) is 21.4. The lowest BCUT2D eigenvalue weighted by Gasteiger charge is -2.18. The summed E-state index contributed by atoms with van der Waals surface area (Å²) >= 11 is 0. The van der Waals surface area contributed by atoms with E-state index in [1.807, 2.05) is 6.92 Å². The number of guanidine groups is 1. The highest BCUT2D eigenvalue weighted by molar-refractivity contribution is 5.78. The number of hydrogen-bond donors (Lipinski definition) is 7. The number of carbonyl (C=O) groups excluding carboxylic acids is 3. The molecule has 0 aromatic heterocycles. The van der Waals surface area contributed by atoms with Crippen LogP contribution in [0.15, 0.2) is 0 Å². The smallest absolute Gasteiger partial charge is 0.306 e. The largest absolute Gasteiger partial charge is 0.462 e. The van der Waals surface area contributed by atoms with E-state index in [0.717, 1.165) is 45.2 Å². The predicted octanol–water partition coefficient (Wildman–Crippen LogP) is 0.473. The van der Waals surface area contributed by atoms with Gasteiger partial charge in [0.2, 0.25) is 11.8 Å². The van der Waals surface area contributed by atoms with Crippen molar-refractivity contribution in [3.63, 3.8) is 0 Å². The molecule has 0 aliphatic rings. The van der Waals surface area contributed by atoms with Crippen LogP contribution in [-0.4, -0.2) is 69.1 Å². The molecule has 0 bridgehead atoms. The first kappa shape index (κ1) is 31.6. The molecule has 0 saturated heterocycles. The van der Waals surface area contributed by atoms with Gasteiger partial charge in [0, 0.05) is 32.5 Å². The lowest BCUT2D eigenvalue weighted by atomic mass is 10.1. The molecule has 0 aromatic carbocycles. The van der Waals surface area contributed by atoms with Gasteiger partial charge in [0.05, 0.1) is 6.42 Å². The zero-order valence-electron chi connectivity index (χ0n) is 20.9. The van der Waals surface area contributed by atoms with Crippen molar-refractivity contribution in [3.8, 4) is 0 Å². The molecule has 34 heavy (non-hydrogen) atoms. The van der Waals surface area contributed by atoms with Crippen molar-refractivity contribution in [2.75, 3.05) is 39.3 Å². The first-order chi connectivity index (χ1) is 16.4. The molecule has 0 rings (SSSR count). The van der Waals surface area contributed by atoms with Gasteiger partial charge in [0.1, 0.15) is 6.10 Å². The van der Waals surface area contributed by atoms with E-state index in [2.05, 4.69) is 21.3 Å². The molecule has 11 nitrogen and oxygen atoms in total. The van der Waals surface area contributed by atoms with Crippen LogP contribution in [0.25, 0.3) is 0 Å². The van der Waals surface area contributed by atoms with Crippen LogP contribution in [-0.2, 0) is 19.1 Å². The first-order valence-corrected chi connectivity index (χ1v) is 12.6. The fraction of sp³-hybridized carbons (Fsp3) is 0.826. The fourth-order valence-corrected chi connectivity index (χ4v) is 3.17. The van der Waals surface area contributed by atoms with Crippen molar-refractivity contribution in [1.29, 1.82) is 5.41 Å². The summed E-state index contributed by atoms with van der Waals surface area (Å²) in [5.41, 5.74) is 10.7. The van der Waals surface area contributed by atoms with Gasteiger partial charge in [0.25, 0.3) is 0 Å². The average molecular weight is 486 g/mol. The molecular formula is C23H47N7O4. The topological polar surface area (TPSA) is 184 Å². The summed E-state index contributed by atoms with van der Waals surface area (Å²) in [6.45, 7) is 6.05. The van der Waals surface area contributed by atoms with Gasteiger partial charge in [-0.15, -0.1) is 0 Å². The molecule has 0 aromatic rings. The molecule has 11 heteroatoms. The zero-order valence-corrected chi connectivity index (χ0v) is 20.9. The van der Waals surface area contributed by atoms with Crippen LogP contribution in [0.5, 0.6) is 0 Å². The van der Waals surface area contributed by atoms with Crippen LogP contribution in [0.3, 0.4) is 0 Å². The summed E-state index contributed by atoms with van der Waals surface area (Å²) in [5, 5.41) is 18.9. The maximum atomic E-state index is 12.3. The molecule has 198 valence electrons. The standard InChI is InChI=1S/C23H47N7O4/c1-2-9-22(33)34-19(10-3-4-16-30-23(25)26)18-21(32)29-17-7-11-20(31)28-15-6-5-13-27-14-8-12-24/h19,27H,2-18,24H2,1H3,(H,28,31)(H,29,32)(H4,25,26,30). The Bertz CT molecular complexity index is 576. The van der Waals surface area contributed by atoms with Crippen LogP contribution < -0.4 is 32.7 Å². The van der Waals surface area contributed by atoms with Gasteiger partial charge < -0.3 is 37.5 Å². The Morgan fingerprint density at radius 3 is 2.15 bits per heavy atom. The van der Waals surface area contributed by atoms with E-state index in [4.69, 9.17) is 21.6 Å². The Labute approximate surface area is 204 Å². The number of esters is 1. The lowest BCUT2D eigenvalue weighted by Crippen LogP contribution is -2.32. The Kier molecular flexibility index (Phi) is 20.8. The number of amides is 2. The predicted molar refractivity (Wildman–Crippen MR) is 134 cm³/mol. The third-order valence-corrected chi connectivity index (χ3v) is 5.00. The van der Waals surface area contributed by atoms with Crippen LogP contribution >= 0.6 is 0 Å². The molecular weight excluding hydrogens is 438 g/mol. The molecule has 1 atom stereocenters. The molecule has 0 aliphatic carbocycles. The van der Waals surface area contributed by atoms with Crippen LogP contribution in [0.4, 0.5) is 0 Å². The maximum Gasteiger partial charge on any atom is 0.306 e. The molecule has 0 heterocycles. The highest BCUT2D eigenvalue weighted by Crippen LogP contribution is 2.11. The number of nitrogens with one attached hydrogen (secondary N) is 5. The summed E-state index contributed by atoms with van der Waals surface area (Å²) in [7, 11) is 0. The van der Waals surface area contributed by atoms with E-state index < -0.39 is 6.10 Å². The van der Waals surface area contributed by atoms with E-state index in [0.29, 0.717) is 58.3 Å². The molecule has 0 saturated carbocycles. The monoisotopic (exact) mass is 485 g/mol. The minimum Gasteiger partial charge on any atom is -0.462 e. The number of rotatable bonds is 22. The van der Waals surface area contributed by atoms with Gasteiger partial charge in [-0.3, -0.25) is 19.8 Å². The number of hydrogen-bond acceptors (Lipinski definition) is 7. The number of unbranched alkanes of at least 4 members (excludes halogenated alkanes) is 2. The van der Waals surface area contributed by atoms with Crippen molar-refractivity contribution in [2.45, 2.75) is 83.7 Å². The second-order valence-corrected chi connectivity index (χ2v) is 8.31. The van der Waals surface area contributed by atoms with E-state index >= 15 is 0 Å². The van der Waals surface area contributed by atoms with Crippen LogP contribution in [0.2, 0.25) is 0 Å². The van der Waals surface area contributed by atoms with Crippen molar-refractivity contribution in [3.05, 3.63) is 0 Å². The van der Waals surface area contributed by atoms with Gasteiger partial charge >= 0.3 is 5.97 Å². The van der Waals surface area contributed by atoms with E-state index in [1.165, 1.54) is 0 Å². The maximum absolute atomic E-state index is 12.3. The van der Waals surface area contributed by atoms with Crippen LogP contribution in [0.1, 0.15) is 77.6 Å². The quantitative estimate of drug-likeness (QED) is 0.0499. The van der Waals surface area contributed by atoms with Crippen molar-refractivity contribution >= 4 is 23.7 Å². The van der Waals surface area contributed by atoms with E-state index in [1.54, 1.807) is 0 Å². The summed E-state index contributed by atoms with van der Waals surface area (Å²) < 4.78 is 5.46. The number of carbonyl (C=O) groups is 3. The molecule has 0 aliphatic heterocycles. The Balaban J connectivity index is 4.00. The van der Waals surface area contributed by atoms with E-state index in [-0.39, 0.29) is 30.2 Å². The van der Waals surface area contributed by atoms with Gasteiger partial charge in [0.15, 0.2) is 5.96 Å². The zero-order chi connectivity index (χ0) is 25.4. The van der Waals surface area contributed by atoms with Gasteiger partial charge in [-0.25, -0.2) is 0 Å². The van der Waals surface area contributed by atoms with Gasteiger partial charge in [-0.1, -0.05) is 6.92 Å². The minimum absolute atomic E-state index is 0.0177. The summed E-state index contributed by atoms with van der Waals surface area (Å²) in [4.78, 5) is 36.1. The molecule has 0 fully saturated rings. The Hall–Kier alpha value is -2.40. The number of nitrogens with two attached hydrogens (primary N) is 2. The van der Waals surface area contributed by atoms with Gasteiger partial charge in [-0.2, -0.15) is 0 Å². The number of ether oxygens (including phenoxy) is 1. The summed E-state index contributed by atoms with van der Waals surface area (Å²) in [5.74, 6) is -0.593. The van der Waals surface area contributed by atoms with E-state index in [9.17, 15) is 14.4 Å². The van der Waals surface area contributed by atoms with Crippen molar-refractivity contribution < 1.29 is 19.1 Å². The lowest BCUT2D eigenvalue weighted by molar-refractivity contribution is -0.150. The summed E-state index contributed by atoms with van der Waals surface area (Å²) in [6, 6.07) is 0. The third-order valence-electron chi connectivity index (χ3n) is 5.00. The summed E-state index contributed by atoms with van der Waals surface area (Å²) in [6.07, 6.45) is 6.47. The fourth-order valence-electron chi connectivity index (χ4n) is 3.17. The average Bonchev–Trinajstić information content (AvgIpc) is 2.78. The minimum atomic E-state index is -0.482. The molecule has 9 N–H and O–H groups in total. The molecule has 1 unspecified atom stereocenters. The SMILES string of the molecule is CCCC(=O)OC(CCCCNC(=N)N)CC(=O)NCCCC(=O)NCCCCNCCCN. The Morgan fingerprint density at radius 1 is 0.824 bits per heavy atom. The van der Waals surface area contributed by atoms with Gasteiger partial charge in [-0.05, 0) is 71.0 Å². The second kappa shape index (κ2) is 22.4. The molecule has 0 spiro atoms. The van der Waals surface area contributed by atoms with Crippen molar-refractivity contribution in [1.82, 2.24) is 21.3 Å². The molecule has 0 radical (unpaired) electrons. The second-order valence-electron chi connectivity index (χ2n) is 8.31. The Morgan fingerprint density at radius 2 is 1.44 bits per heavy atom. The van der Waals surface area contributed by atoms with Crippen LogP contribution in [0, 0.1) is 5.41 Å². The normalized spacial score (nSPS) is 11.5. The van der Waals surface area contributed by atoms with Crippen molar-refractivity contribution in [2.24, 2.45) is 11.5 Å². The highest BCUT2D eigenvalue weighted by atomic mass is 16.5. The first-order valence-electron chi connectivity index (χ1n) is 12.6.